The summed E-state index contributed by atoms with van der Waals surface area (Å²) in [6.45, 7) is 6.51. The van der Waals surface area contributed by atoms with E-state index in [0.717, 1.165) is 29.3 Å². The minimum atomic E-state index is -0.516. The van der Waals surface area contributed by atoms with E-state index in [1.165, 1.54) is 0 Å². The smallest absolute Gasteiger partial charge is 0.260 e. The minimum absolute atomic E-state index is 0.0880. The molecule has 0 aliphatic rings. The van der Waals surface area contributed by atoms with Gasteiger partial charge in [-0.1, -0.05) is 19.4 Å². The number of halogens is 1. The zero-order chi connectivity index (χ0) is 15.8. The summed E-state index contributed by atoms with van der Waals surface area (Å²) in [5.74, 6) is 0.580. The third-order valence-corrected chi connectivity index (χ3v) is 3.68. The quantitative estimate of drug-likeness (QED) is 0.703. The van der Waals surface area contributed by atoms with Crippen molar-refractivity contribution in [2.45, 2.75) is 52.2 Å². The lowest BCUT2D eigenvalue weighted by atomic mass is 10.1. The van der Waals surface area contributed by atoms with Crippen LogP contribution < -0.4 is 15.8 Å². The maximum atomic E-state index is 11.9. The van der Waals surface area contributed by atoms with Gasteiger partial charge in [0.2, 0.25) is 0 Å². The maximum absolute atomic E-state index is 11.9. The molecule has 1 aromatic carbocycles. The van der Waals surface area contributed by atoms with Gasteiger partial charge in [-0.15, -0.1) is 0 Å². The third kappa shape index (κ3) is 6.48. The number of carbonyl (C=O) groups is 1. The van der Waals surface area contributed by atoms with Crippen LogP contribution in [0, 0.1) is 0 Å². The molecule has 0 heterocycles. The van der Waals surface area contributed by atoms with Gasteiger partial charge in [0, 0.05) is 12.6 Å². The molecule has 0 bridgehead atoms. The van der Waals surface area contributed by atoms with Crippen molar-refractivity contribution < 1.29 is 9.53 Å². The highest BCUT2D eigenvalue weighted by Gasteiger charge is 2.15. The molecule has 1 amide bonds. The van der Waals surface area contributed by atoms with Crippen molar-refractivity contribution in [3.63, 3.8) is 0 Å². The number of carbonyl (C=O) groups excluding carboxylic acids is 1. The summed E-state index contributed by atoms with van der Waals surface area (Å²) >= 11 is 3.48. The highest BCUT2D eigenvalue weighted by molar-refractivity contribution is 9.10. The van der Waals surface area contributed by atoms with E-state index in [2.05, 4.69) is 28.2 Å². The highest BCUT2D eigenvalue weighted by Crippen LogP contribution is 2.27. The number of amides is 1. The molecule has 1 rings (SSSR count). The van der Waals surface area contributed by atoms with Crippen molar-refractivity contribution in [3.05, 3.63) is 28.2 Å². The van der Waals surface area contributed by atoms with Crippen LogP contribution in [-0.4, -0.2) is 24.6 Å². The second-order valence-corrected chi connectivity index (χ2v) is 6.21. The van der Waals surface area contributed by atoms with Crippen molar-refractivity contribution >= 4 is 21.8 Å². The van der Waals surface area contributed by atoms with Crippen molar-refractivity contribution in [1.82, 2.24) is 5.32 Å². The standard InChI is InChI=1S/C16H25BrN2O2/c1-4-5-8-19-16(20)12(3)21-15-7-6-13(9-11(2)18)10-14(15)17/h6-7,10-12H,4-5,8-9,18H2,1-3H3,(H,19,20). The SMILES string of the molecule is CCCCNC(=O)C(C)Oc1ccc(CC(C)N)cc1Br. The lowest BCUT2D eigenvalue weighted by Gasteiger charge is -2.16. The van der Waals surface area contributed by atoms with Gasteiger partial charge in [0.05, 0.1) is 4.47 Å². The van der Waals surface area contributed by atoms with Crippen LogP contribution >= 0.6 is 15.9 Å². The molecular formula is C16H25BrN2O2. The van der Waals surface area contributed by atoms with E-state index < -0.39 is 6.10 Å². The molecule has 0 fully saturated rings. The van der Waals surface area contributed by atoms with E-state index in [4.69, 9.17) is 10.5 Å². The Morgan fingerprint density at radius 3 is 2.71 bits per heavy atom. The van der Waals surface area contributed by atoms with E-state index in [1.807, 2.05) is 25.1 Å². The van der Waals surface area contributed by atoms with Gasteiger partial charge < -0.3 is 15.8 Å². The molecule has 118 valence electrons. The Bertz CT molecular complexity index is 464. The molecule has 0 aromatic heterocycles. The summed E-state index contributed by atoms with van der Waals surface area (Å²) in [7, 11) is 0. The minimum Gasteiger partial charge on any atom is -0.480 e. The highest BCUT2D eigenvalue weighted by atomic mass is 79.9. The second kappa shape index (κ2) is 9.05. The summed E-state index contributed by atoms with van der Waals surface area (Å²) in [5.41, 5.74) is 6.93. The molecule has 5 heteroatoms. The van der Waals surface area contributed by atoms with Crippen LogP contribution in [0.3, 0.4) is 0 Å². The topological polar surface area (TPSA) is 64.3 Å². The van der Waals surface area contributed by atoms with Gasteiger partial charge in [0.1, 0.15) is 5.75 Å². The van der Waals surface area contributed by atoms with Gasteiger partial charge in [-0.2, -0.15) is 0 Å². The Balaban J connectivity index is 2.59. The van der Waals surface area contributed by atoms with E-state index >= 15 is 0 Å². The molecular weight excluding hydrogens is 332 g/mol. The third-order valence-electron chi connectivity index (χ3n) is 3.06. The van der Waals surface area contributed by atoms with Gasteiger partial charge >= 0.3 is 0 Å². The van der Waals surface area contributed by atoms with Gasteiger partial charge in [-0.25, -0.2) is 0 Å². The Labute approximate surface area is 135 Å². The second-order valence-electron chi connectivity index (χ2n) is 5.35. The van der Waals surface area contributed by atoms with Crippen molar-refractivity contribution in [3.8, 4) is 5.75 Å². The van der Waals surface area contributed by atoms with Gasteiger partial charge in [0.25, 0.3) is 5.91 Å². The predicted molar refractivity (Wildman–Crippen MR) is 89.5 cm³/mol. The first-order chi connectivity index (χ1) is 9.93. The first-order valence-electron chi connectivity index (χ1n) is 7.42. The molecule has 21 heavy (non-hydrogen) atoms. The van der Waals surface area contributed by atoms with Crippen LogP contribution in [0.2, 0.25) is 0 Å². The molecule has 4 nitrogen and oxygen atoms in total. The number of nitrogens with two attached hydrogens (primary N) is 1. The zero-order valence-corrected chi connectivity index (χ0v) is 14.6. The number of benzene rings is 1. The molecule has 0 saturated heterocycles. The van der Waals surface area contributed by atoms with E-state index in [1.54, 1.807) is 6.92 Å². The average molecular weight is 357 g/mol. The largest absolute Gasteiger partial charge is 0.480 e. The fourth-order valence-electron chi connectivity index (χ4n) is 1.91. The van der Waals surface area contributed by atoms with Crippen LogP contribution in [-0.2, 0) is 11.2 Å². The van der Waals surface area contributed by atoms with Crippen LogP contribution in [0.15, 0.2) is 22.7 Å². The number of hydrogen-bond donors (Lipinski definition) is 2. The lowest BCUT2D eigenvalue weighted by Crippen LogP contribution is -2.36. The first kappa shape index (κ1) is 18.0. The average Bonchev–Trinajstić information content (AvgIpc) is 2.41. The summed E-state index contributed by atoms with van der Waals surface area (Å²) in [5, 5.41) is 2.86. The number of nitrogens with one attached hydrogen (secondary N) is 1. The van der Waals surface area contributed by atoms with Gasteiger partial charge in [-0.05, 0) is 60.3 Å². The van der Waals surface area contributed by atoms with Crippen LogP contribution in [0.25, 0.3) is 0 Å². The molecule has 0 spiro atoms. The Morgan fingerprint density at radius 2 is 2.14 bits per heavy atom. The monoisotopic (exact) mass is 356 g/mol. The molecule has 0 radical (unpaired) electrons. The fraction of sp³-hybridized carbons (Fsp3) is 0.562. The fourth-order valence-corrected chi connectivity index (χ4v) is 2.43. The number of unbranched alkanes of at least 4 members (excludes halogenated alkanes) is 1. The van der Waals surface area contributed by atoms with Crippen molar-refractivity contribution in [2.24, 2.45) is 5.73 Å². The van der Waals surface area contributed by atoms with Gasteiger partial charge in [0.15, 0.2) is 6.10 Å². The Kier molecular flexibility index (Phi) is 7.75. The molecule has 2 unspecified atom stereocenters. The zero-order valence-electron chi connectivity index (χ0n) is 13.0. The lowest BCUT2D eigenvalue weighted by molar-refractivity contribution is -0.127. The predicted octanol–water partition coefficient (Wildman–Crippen LogP) is 3.02. The summed E-state index contributed by atoms with van der Waals surface area (Å²) in [6, 6.07) is 5.95. The van der Waals surface area contributed by atoms with Crippen molar-refractivity contribution in [1.29, 1.82) is 0 Å². The van der Waals surface area contributed by atoms with Crippen LogP contribution in [0.1, 0.15) is 39.2 Å². The molecule has 2 atom stereocenters. The van der Waals surface area contributed by atoms with Crippen molar-refractivity contribution in [2.75, 3.05) is 6.54 Å². The van der Waals surface area contributed by atoms with Crippen LogP contribution in [0.4, 0.5) is 0 Å². The summed E-state index contributed by atoms with van der Waals surface area (Å²) in [6.07, 6.45) is 2.33. The van der Waals surface area contributed by atoms with E-state index in [0.29, 0.717) is 12.3 Å². The number of ether oxygens (including phenoxy) is 1. The number of hydrogen-bond acceptors (Lipinski definition) is 3. The van der Waals surface area contributed by atoms with Crippen LogP contribution in [0.5, 0.6) is 5.75 Å². The molecule has 0 aliphatic carbocycles. The molecule has 0 aliphatic heterocycles. The van der Waals surface area contributed by atoms with E-state index in [9.17, 15) is 4.79 Å². The molecule has 3 N–H and O–H groups in total. The first-order valence-corrected chi connectivity index (χ1v) is 8.21. The van der Waals surface area contributed by atoms with E-state index in [-0.39, 0.29) is 11.9 Å². The summed E-state index contributed by atoms with van der Waals surface area (Å²) < 4.78 is 6.55. The Hall–Kier alpha value is -1.07. The molecule has 0 saturated carbocycles. The van der Waals surface area contributed by atoms with Gasteiger partial charge in [-0.3, -0.25) is 4.79 Å². The Morgan fingerprint density at radius 1 is 1.43 bits per heavy atom. The normalized spacial score (nSPS) is 13.6. The molecule has 1 aromatic rings. The maximum Gasteiger partial charge on any atom is 0.260 e. The number of rotatable bonds is 8. The summed E-state index contributed by atoms with van der Waals surface area (Å²) in [4.78, 5) is 11.9.